The van der Waals surface area contributed by atoms with Crippen LogP contribution in [0.1, 0.15) is 70.7 Å². The first kappa shape index (κ1) is 16.9. The highest BCUT2D eigenvalue weighted by molar-refractivity contribution is 5.93. The molecule has 1 aromatic heterocycles. The molecule has 1 amide bonds. The summed E-state index contributed by atoms with van der Waals surface area (Å²) < 4.78 is 0. The van der Waals surface area contributed by atoms with Crippen molar-refractivity contribution in [2.45, 2.75) is 66.3 Å². The Morgan fingerprint density at radius 1 is 1.23 bits per heavy atom. The van der Waals surface area contributed by atoms with Gasteiger partial charge in [-0.25, -0.2) is 9.97 Å². The highest BCUT2D eigenvalue weighted by Crippen LogP contribution is 2.54. The van der Waals surface area contributed by atoms with E-state index in [1.165, 1.54) is 19.2 Å². The first-order chi connectivity index (χ1) is 10.3. The Bertz CT molecular complexity index is 497. The summed E-state index contributed by atoms with van der Waals surface area (Å²) in [6, 6.07) is 0.266. The highest BCUT2D eigenvalue weighted by atomic mass is 16.1. The molecule has 1 aromatic rings. The number of rotatable bonds is 3. The first-order valence-electron chi connectivity index (χ1n) is 8.32. The number of hydrogen-bond acceptors (Lipinski definition) is 3. The molecule has 1 aliphatic carbocycles. The van der Waals surface area contributed by atoms with Crippen molar-refractivity contribution >= 4 is 5.91 Å². The first-order valence-corrected chi connectivity index (χ1v) is 8.32. The maximum atomic E-state index is 12.2. The fourth-order valence-corrected chi connectivity index (χ4v) is 4.16. The van der Waals surface area contributed by atoms with E-state index in [2.05, 4.69) is 49.9 Å². The molecule has 1 fully saturated rings. The molecule has 0 radical (unpaired) electrons. The molecule has 1 aliphatic rings. The maximum Gasteiger partial charge on any atom is 0.254 e. The topological polar surface area (TPSA) is 54.9 Å². The van der Waals surface area contributed by atoms with Crippen LogP contribution >= 0.6 is 0 Å². The lowest BCUT2D eigenvalue weighted by molar-refractivity contribution is -0.0158. The Morgan fingerprint density at radius 2 is 1.77 bits per heavy atom. The van der Waals surface area contributed by atoms with Crippen molar-refractivity contribution in [2.75, 3.05) is 0 Å². The van der Waals surface area contributed by atoms with Gasteiger partial charge < -0.3 is 5.32 Å². The van der Waals surface area contributed by atoms with Crippen LogP contribution in [0.25, 0.3) is 0 Å². The maximum absolute atomic E-state index is 12.2. The van der Waals surface area contributed by atoms with E-state index in [1.807, 2.05) is 0 Å². The minimum atomic E-state index is -0.0570. The molecular formula is C18H29N3O. The number of carbonyl (C=O) groups is 1. The van der Waals surface area contributed by atoms with Crippen molar-refractivity contribution in [1.82, 2.24) is 15.3 Å². The summed E-state index contributed by atoms with van der Waals surface area (Å²) in [5.74, 6) is 0.602. The Hall–Kier alpha value is -1.45. The Kier molecular flexibility index (Phi) is 4.88. The summed E-state index contributed by atoms with van der Waals surface area (Å²) in [7, 11) is 0. The molecule has 0 aromatic carbocycles. The van der Waals surface area contributed by atoms with Crippen molar-refractivity contribution in [3.63, 3.8) is 0 Å². The Balaban J connectivity index is 1.99. The summed E-state index contributed by atoms with van der Waals surface area (Å²) in [6.07, 6.45) is 9.02. The highest BCUT2D eigenvalue weighted by Gasteiger charge is 2.46. The molecule has 0 aliphatic heterocycles. The number of amides is 1. The Morgan fingerprint density at radius 3 is 2.23 bits per heavy atom. The molecule has 0 bridgehead atoms. The SMILES string of the molecule is CC(C)C1(C(C)(C)C)CCC(NC(=O)c2cncnc2)CC1. The third-order valence-electron chi connectivity index (χ3n) is 5.63. The van der Waals surface area contributed by atoms with Crippen molar-refractivity contribution in [2.24, 2.45) is 16.7 Å². The van der Waals surface area contributed by atoms with E-state index in [4.69, 9.17) is 0 Å². The van der Waals surface area contributed by atoms with E-state index in [9.17, 15) is 4.79 Å². The smallest absolute Gasteiger partial charge is 0.254 e. The molecule has 0 atom stereocenters. The van der Waals surface area contributed by atoms with Crippen LogP contribution in [0.2, 0.25) is 0 Å². The molecule has 1 heterocycles. The minimum Gasteiger partial charge on any atom is -0.349 e. The van der Waals surface area contributed by atoms with Crippen molar-refractivity contribution < 1.29 is 4.79 Å². The fraction of sp³-hybridized carbons (Fsp3) is 0.722. The van der Waals surface area contributed by atoms with Gasteiger partial charge in [-0.05, 0) is 42.4 Å². The zero-order valence-electron chi connectivity index (χ0n) is 14.5. The lowest BCUT2D eigenvalue weighted by Crippen LogP contribution is -2.47. The molecule has 0 saturated heterocycles. The van der Waals surface area contributed by atoms with Crippen LogP contribution in [0.5, 0.6) is 0 Å². The summed E-state index contributed by atoms with van der Waals surface area (Å²) in [5.41, 5.74) is 1.20. The number of aromatic nitrogens is 2. The van der Waals surface area contributed by atoms with Gasteiger partial charge >= 0.3 is 0 Å². The second-order valence-corrected chi connectivity index (χ2v) is 7.94. The van der Waals surface area contributed by atoms with Crippen LogP contribution < -0.4 is 5.32 Å². The van der Waals surface area contributed by atoms with Crippen molar-refractivity contribution in [1.29, 1.82) is 0 Å². The van der Waals surface area contributed by atoms with Crippen LogP contribution in [0.3, 0.4) is 0 Å². The van der Waals surface area contributed by atoms with Gasteiger partial charge in [-0.3, -0.25) is 4.79 Å². The predicted octanol–water partition coefficient (Wildman–Crippen LogP) is 3.84. The molecule has 22 heavy (non-hydrogen) atoms. The zero-order valence-corrected chi connectivity index (χ0v) is 14.5. The fourth-order valence-electron chi connectivity index (χ4n) is 4.16. The Labute approximate surface area is 134 Å². The van der Waals surface area contributed by atoms with Crippen LogP contribution in [0.4, 0.5) is 0 Å². The third-order valence-corrected chi connectivity index (χ3v) is 5.63. The molecule has 0 unspecified atom stereocenters. The molecule has 1 N–H and O–H groups in total. The zero-order chi connectivity index (χ0) is 16.4. The van der Waals surface area contributed by atoms with Gasteiger partial charge in [0.15, 0.2) is 0 Å². The molecule has 1 saturated carbocycles. The molecule has 4 heteroatoms. The van der Waals surface area contributed by atoms with Gasteiger partial charge in [-0.2, -0.15) is 0 Å². The van der Waals surface area contributed by atoms with Crippen molar-refractivity contribution in [3.8, 4) is 0 Å². The molecule has 2 rings (SSSR count). The number of carbonyl (C=O) groups excluding carboxylic acids is 1. The number of nitrogens with one attached hydrogen (secondary N) is 1. The molecule has 122 valence electrons. The van der Waals surface area contributed by atoms with Gasteiger partial charge in [0.05, 0.1) is 5.56 Å². The normalized spacial score (nSPS) is 26.0. The van der Waals surface area contributed by atoms with Gasteiger partial charge in [-0.15, -0.1) is 0 Å². The van der Waals surface area contributed by atoms with Gasteiger partial charge in [0.1, 0.15) is 6.33 Å². The van der Waals surface area contributed by atoms with E-state index in [-0.39, 0.29) is 11.9 Å². The average Bonchev–Trinajstić information content (AvgIpc) is 2.47. The molecule has 4 nitrogen and oxygen atoms in total. The van der Waals surface area contributed by atoms with Gasteiger partial charge in [-0.1, -0.05) is 34.6 Å². The molecular weight excluding hydrogens is 274 g/mol. The van der Waals surface area contributed by atoms with E-state index in [0.717, 1.165) is 12.8 Å². The van der Waals surface area contributed by atoms with E-state index in [1.54, 1.807) is 12.4 Å². The average molecular weight is 303 g/mol. The van der Waals surface area contributed by atoms with E-state index < -0.39 is 0 Å². The third kappa shape index (κ3) is 3.31. The van der Waals surface area contributed by atoms with Crippen LogP contribution in [0, 0.1) is 16.7 Å². The summed E-state index contributed by atoms with van der Waals surface area (Å²) in [5, 5.41) is 3.14. The second kappa shape index (κ2) is 6.35. The van der Waals surface area contributed by atoms with E-state index in [0.29, 0.717) is 22.3 Å². The lowest BCUT2D eigenvalue weighted by atomic mass is 9.54. The van der Waals surface area contributed by atoms with Gasteiger partial charge in [0.25, 0.3) is 5.91 Å². The van der Waals surface area contributed by atoms with E-state index >= 15 is 0 Å². The summed E-state index contributed by atoms with van der Waals surface area (Å²) in [6.45, 7) is 11.7. The standard InChI is InChI=1S/C18H29N3O/c1-13(2)18(17(3,4)5)8-6-15(7-9-18)21-16(22)14-10-19-12-20-11-14/h10-13,15H,6-9H2,1-5H3,(H,21,22). The lowest BCUT2D eigenvalue weighted by Gasteiger charge is -2.52. The molecule has 0 spiro atoms. The number of hydrogen-bond donors (Lipinski definition) is 1. The van der Waals surface area contributed by atoms with Gasteiger partial charge in [0.2, 0.25) is 0 Å². The summed E-state index contributed by atoms with van der Waals surface area (Å²) >= 11 is 0. The predicted molar refractivity (Wildman–Crippen MR) is 88.5 cm³/mol. The second-order valence-electron chi connectivity index (χ2n) is 7.94. The number of nitrogens with zero attached hydrogens (tertiary/aromatic N) is 2. The summed E-state index contributed by atoms with van der Waals surface area (Å²) in [4.78, 5) is 20.0. The van der Waals surface area contributed by atoms with Crippen molar-refractivity contribution in [3.05, 3.63) is 24.3 Å². The largest absolute Gasteiger partial charge is 0.349 e. The monoisotopic (exact) mass is 303 g/mol. The minimum absolute atomic E-state index is 0.0570. The van der Waals surface area contributed by atoms with Crippen LogP contribution in [-0.4, -0.2) is 21.9 Å². The van der Waals surface area contributed by atoms with Crippen LogP contribution in [-0.2, 0) is 0 Å². The van der Waals surface area contributed by atoms with Crippen LogP contribution in [0.15, 0.2) is 18.7 Å². The van der Waals surface area contributed by atoms with Gasteiger partial charge in [0, 0.05) is 18.4 Å². The quantitative estimate of drug-likeness (QED) is 0.923.